The van der Waals surface area contributed by atoms with Gasteiger partial charge >= 0.3 is 6.03 Å². The summed E-state index contributed by atoms with van der Waals surface area (Å²) in [5.74, 6) is -0.971. The number of ether oxygens (including phenoxy) is 1. The van der Waals surface area contributed by atoms with Crippen molar-refractivity contribution in [3.63, 3.8) is 0 Å². The summed E-state index contributed by atoms with van der Waals surface area (Å²) in [5, 5.41) is 3.15. The van der Waals surface area contributed by atoms with Crippen molar-refractivity contribution in [2.75, 3.05) is 52.5 Å². The number of morpholine rings is 1. The van der Waals surface area contributed by atoms with Gasteiger partial charge in [0.05, 0.1) is 19.6 Å². The molecule has 3 saturated heterocycles. The molecule has 10 heteroatoms. The molecule has 180 valence electrons. The van der Waals surface area contributed by atoms with Crippen LogP contribution in [0.15, 0.2) is 18.2 Å². The maximum atomic E-state index is 14.0. The zero-order valence-electron chi connectivity index (χ0n) is 18.8. The number of carbonyl (C=O) groups is 3. The van der Waals surface area contributed by atoms with Crippen LogP contribution in [0.3, 0.4) is 0 Å². The second-order valence-electron chi connectivity index (χ2n) is 9.08. The fourth-order valence-corrected chi connectivity index (χ4v) is 5.16. The lowest BCUT2D eigenvalue weighted by molar-refractivity contribution is -0.135. The van der Waals surface area contributed by atoms with Crippen LogP contribution >= 0.6 is 11.6 Å². The van der Waals surface area contributed by atoms with E-state index in [2.05, 4.69) is 10.2 Å². The molecule has 4 amide bonds. The van der Waals surface area contributed by atoms with E-state index in [1.807, 2.05) is 0 Å². The number of hydrogen-bond donors (Lipinski definition) is 1. The lowest BCUT2D eigenvalue weighted by Gasteiger charge is -2.39. The largest absolute Gasteiger partial charge is 0.379 e. The standard InChI is InChI=1S/C23H30ClFN4O4/c1-23(21(31)29(22(32)26-23)10-9-27-11-13-33-14-12-27)16-5-7-28(8-6-16)20(30)15-17-18(24)3-2-4-19(17)25/h2-4,16H,5-15H2,1H3,(H,26,32)/t23-/m1/s1. The van der Waals surface area contributed by atoms with Gasteiger partial charge in [0.2, 0.25) is 5.91 Å². The van der Waals surface area contributed by atoms with Crippen LogP contribution in [0, 0.1) is 11.7 Å². The minimum atomic E-state index is -0.980. The van der Waals surface area contributed by atoms with Crippen LogP contribution in [0.5, 0.6) is 0 Å². The highest BCUT2D eigenvalue weighted by Crippen LogP contribution is 2.33. The number of hydrogen-bond acceptors (Lipinski definition) is 5. The number of carbonyl (C=O) groups excluding carboxylic acids is 3. The number of likely N-dealkylation sites (tertiary alicyclic amines) is 1. The van der Waals surface area contributed by atoms with E-state index in [4.69, 9.17) is 16.3 Å². The monoisotopic (exact) mass is 480 g/mol. The molecule has 3 aliphatic rings. The van der Waals surface area contributed by atoms with Gasteiger partial charge in [0.15, 0.2) is 0 Å². The van der Waals surface area contributed by atoms with E-state index in [0.717, 1.165) is 13.1 Å². The van der Waals surface area contributed by atoms with Gasteiger partial charge in [-0.2, -0.15) is 0 Å². The minimum Gasteiger partial charge on any atom is -0.379 e. The number of imide groups is 1. The summed E-state index contributed by atoms with van der Waals surface area (Å²) >= 11 is 6.06. The number of benzene rings is 1. The normalized spacial score (nSPS) is 24.9. The molecule has 3 aliphatic heterocycles. The first-order chi connectivity index (χ1) is 15.8. The Balaban J connectivity index is 1.32. The Morgan fingerprint density at radius 1 is 1.18 bits per heavy atom. The van der Waals surface area contributed by atoms with Crippen molar-refractivity contribution in [2.45, 2.75) is 31.7 Å². The molecule has 4 rings (SSSR count). The average Bonchev–Trinajstić information content (AvgIpc) is 3.04. The quantitative estimate of drug-likeness (QED) is 0.629. The van der Waals surface area contributed by atoms with Gasteiger partial charge in [0, 0.05) is 49.9 Å². The van der Waals surface area contributed by atoms with Gasteiger partial charge < -0.3 is 15.0 Å². The summed E-state index contributed by atoms with van der Waals surface area (Å²) in [5.41, 5.74) is -0.779. The van der Waals surface area contributed by atoms with E-state index in [-0.39, 0.29) is 40.8 Å². The van der Waals surface area contributed by atoms with E-state index in [1.54, 1.807) is 17.9 Å². The van der Waals surface area contributed by atoms with Crippen molar-refractivity contribution < 1.29 is 23.5 Å². The molecule has 33 heavy (non-hydrogen) atoms. The van der Waals surface area contributed by atoms with E-state index in [1.165, 1.54) is 17.0 Å². The number of rotatable bonds is 6. The number of urea groups is 1. The summed E-state index contributed by atoms with van der Waals surface area (Å²) in [4.78, 5) is 43.7. The summed E-state index contributed by atoms with van der Waals surface area (Å²) < 4.78 is 19.4. The highest BCUT2D eigenvalue weighted by Gasteiger charge is 2.52. The van der Waals surface area contributed by atoms with Crippen LogP contribution in [0.4, 0.5) is 9.18 Å². The second kappa shape index (κ2) is 9.95. The molecular formula is C23H30ClFN4O4. The Bertz CT molecular complexity index is 897. The topological polar surface area (TPSA) is 82.2 Å². The van der Waals surface area contributed by atoms with Crippen molar-refractivity contribution in [3.8, 4) is 0 Å². The second-order valence-corrected chi connectivity index (χ2v) is 9.48. The Kier molecular flexibility index (Phi) is 7.21. The van der Waals surface area contributed by atoms with Crippen LogP contribution in [0.25, 0.3) is 0 Å². The molecule has 1 N–H and O–H groups in total. The Morgan fingerprint density at radius 3 is 2.55 bits per heavy atom. The number of halogens is 2. The molecule has 0 saturated carbocycles. The highest BCUT2D eigenvalue weighted by molar-refractivity contribution is 6.31. The van der Waals surface area contributed by atoms with Crippen LogP contribution in [0.1, 0.15) is 25.3 Å². The predicted octanol–water partition coefficient (Wildman–Crippen LogP) is 1.90. The van der Waals surface area contributed by atoms with Crippen molar-refractivity contribution in [2.24, 2.45) is 5.92 Å². The maximum absolute atomic E-state index is 14.0. The molecule has 1 aromatic rings. The molecular weight excluding hydrogens is 451 g/mol. The first-order valence-electron chi connectivity index (χ1n) is 11.4. The smallest absolute Gasteiger partial charge is 0.325 e. The molecule has 0 aliphatic carbocycles. The maximum Gasteiger partial charge on any atom is 0.325 e. The summed E-state index contributed by atoms with van der Waals surface area (Å²) in [7, 11) is 0. The van der Waals surface area contributed by atoms with Gasteiger partial charge in [-0.25, -0.2) is 9.18 Å². The van der Waals surface area contributed by atoms with Crippen LogP contribution in [-0.4, -0.2) is 90.6 Å². The fourth-order valence-electron chi connectivity index (χ4n) is 4.93. The Labute approximate surface area is 198 Å². The first kappa shape index (κ1) is 23.9. The summed E-state index contributed by atoms with van der Waals surface area (Å²) in [6, 6.07) is 4.01. The number of nitrogens with zero attached hydrogens (tertiary/aromatic N) is 3. The molecule has 0 bridgehead atoms. The van der Waals surface area contributed by atoms with Gasteiger partial charge in [-0.05, 0) is 37.8 Å². The van der Waals surface area contributed by atoms with Crippen molar-refractivity contribution in [1.29, 1.82) is 0 Å². The third kappa shape index (κ3) is 5.00. The zero-order chi connectivity index (χ0) is 23.6. The number of amides is 4. The molecule has 3 heterocycles. The van der Waals surface area contributed by atoms with E-state index < -0.39 is 11.4 Å². The van der Waals surface area contributed by atoms with E-state index in [9.17, 15) is 18.8 Å². The van der Waals surface area contributed by atoms with Crippen molar-refractivity contribution >= 4 is 29.4 Å². The van der Waals surface area contributed by atoms with Crippen molar-refractivity contribution in [3.05, 3.63) is 34.6 Å². The van der Waals surface area contributed by atoms with Crippen LogP contribution < -0.4 is 5.32 Å². The molecule has 0 radical (unpaired) electrons. The number of piperidine rings is 1. The lowest BCUT2D eigenvalue weighted by atomic mass is 9.79. The van der Waals surface area contributed by atoms with Gasteiger partial charge in [-0.15, -0.1) is 0 Å². The number of nitrogens with one attached hydrogen (secondary N) is 1. The Morgan fingerprint density at radius 2 is 1.88 bits per heavy atom. The third-order valence-electron chi connectivity index (χ3n) is 7.10. The zero-order valence-corrected chi connectivity index (χ0v) is 19.6. The van der Waals surface area contributed by atoms with Gasteiger partial charge in [0.25, 0.3) is 5.91 Å². The van der Waals surface area contributed by atoms with Crippen LogP contribution in [0.2, 0.25) is 5.02 Å². The molecule has 3 fully saturated rings. The third-order valence-corrected chi connectivity index (χ3v) is 7.45. The highest BCUT2D eigenvalue weighted by atomic mass is 35.5. The van der Waals surface area contributed by atoms with Crippen molar-refractivity contribution in [1.82, 2.24) is 20.0 Å². The average molecular weight is 481 g/mol. The van der Waals surface area contributed by atoms with Crippen LogP contribution in [-0.2, 0) is 20.7 Å². The summed E-state index contributed by atoms with van der Waals surface area (Å²) in [6.07, 6.45) is 1.06. The molecule has 1 aromatic carbocycles. The molecule has 0 aromatic heterocycles. The molecule has 1 atom stereocenters. The van der Waals surface area contributed by atoms with E-state index >= 15 is 0 Å². The Hall–Kier alpha value is -2.23. The molecule has 8 nitrogen and oxygen atoms in total. The predicted molar refractivity (Wildman–Crippen MR) is 120 cm³/mol. The summed E-state index contributed by atoms with van der Waals surface area (Å²) in [6.45, 7) is 6.58. The first-order valence-corrected chi connectivity index (χ1v) is 11.8. The molecule has 0 spiro atoms. The minimum absolute atomic E-state index is 0.0802. The SMILES string of the molecule is C[C@]1(C2CCN(C(=O)Cc3c(F)cccc3Cl)CC2)NC(=O)N(CCN2CCOCC2)C1=O. The molecule has 0 unspecified atom stereocenters. The van der Waals surface area contributed by atoms with Gasteiger partial charge in [0.1, 0.15) is 11.4 Å². The lowest BCUT2D eigenvalue weighted by Crippen LogP contribution is -2.54. The van der Waals surface area contributed by atoms with Gasteiger partial charge in [-0.1, -0.05) is 17.7 Å². The fraction of sp³-hybridized carbons (Fsp3) is 0.609. The van der Waals surface area contributed by atoms with Gasteiger partial charge in [-0.3, -0.25) is 19.4 Å². The van der Waals surface area contributed by atoms with E-state index in [0.29, 0.717) is 52.2 Å².